The summed E-state index contributed by atoms with van der Waals surface area (Å²) in [6, 6.07) is 8.60. The Hall–Kier alpha value is -1.39. The molecule has 1 rings (SSSR count). The summed E-state index contributed by atoms with van der Waals surface area (Å²) in [6.07, 6.45) is 14.5. The molecule has 0 heterocycles. The summed E-state index contributed by atoms with van der Waals surface area (Å²) < 4.78 is 0. The molecule has 1 amide bonds. The minimum Gasteiger partial charge on any atom is -0.394 e. The first-order chi connectivity index (χ1) is 13.5. The third-order valence-electron chi connectivity index (χ3n) is 5.53. The summed E-state index contributed by atoms with van der Waals surface area (Å²) in [5, 5.41) is 21.9. The predicted molar refractivity (Wildman–Crippen MR) is 116 cm³/mol. The van der Waals surface area contributed by atoms with Gasteiger partial charge in [0.2, 0.25) is 5.91 Å². The Morgan fingerprint density at radius 1 is 0.821 bits per heavy atom. The first-order valence-corrected chi connectivity index (χ1v) is 11.1. The van der Waals surface area contributed by atoms with Crippen molar-refractivity contribution in [3.05, 3.63) is 35.4 Å². The van der Waals surface area contributed by atoms with Crippen molar-refractivity contribution >= 4 is 5.91 Å². The molecule has 0 aliphatic carbocycles. The Balaban J connectivity index is 2.27. The third kappa shape index (κ3) is 10.2. The second kappa shape index (κ2) is 14.6. The number of carbonyl (C=O) groups is 1. The van der Waals surface area contributed by atoms with E-state index in [0.29, 0.717) is 12.8 Å². The Kier molecular flexibility index (Phi) is 12.8. The van der Waals surface area contributed by atoms with Crippen LogP contribution in [-0.4, -0.2) is 34.9 Å². The van der Waals surface area contributed by atoms with E-state index in [9.17, 15) is 15.0 Å². The standard InChI is InChI=1S/C24H41NO3/c1-3-4-5-6-7-8-9-10-11-12-22-13-15-23(16-14-22)17-18-24(19-26,20-27)25-21(2)28/h13-16,26-27H,3-12,17-20H2,1-2H3,(H,25,28). The lowest BCUT2D eigenvalue weighted by atomic mass is 9.92. The van der Waals surface area contributed by atoms with Gasteiger partial charge in [-0.1, -0.05) is 82.6 Å². The van der Waals surface area contributed by atoms with Crippen molar-refractivity contribution in [2.45, 2.75) is 96.4 Å². The van der Waals surface area contributed by atoms with Crippen molar-refractivity contribution in [1.82, 2.24) is 5.32 Å². The minimum absolute atomic E-state index is 0.237. The quantitative estimate of drug-likeness (QED) is 0.362. The normalized spacial score (nSPS) is 11.6. The van der Waals surface area contributed by atoms with E-state index in [-0.39, 0.29) is 19.1 Å². The zero-order valence-electron chi connectivity index (χ0n) is 18.0. The van der Waals surface area contributed by atoms with Crippen LogP contribution in [0.3, 0.4) is 0 Å². The van der Waals surface area contributed by atoms with Gasteiger partial charge in [0.25, 0.3) is 0 Å². The molecule has 0 aliphatic rings. The van der Waals surface area contributed by atoms with Crippen molar-refractivity contribution in [1.29, 1.82) is 0 Å². The van der Waals surface area contributed by atoms with Gasteiger partial charge in [0.1, 0.15) is 0 Å². The molecule has 1 aromatic carbocycles. The first kappa shape index (κ1) is 24.6. The summed E-state index contributed by atoms with van der Waals surface area (Å²) in [7, 11) is 0. The number of rotatable bonds is 16. The van der Waals surface area contributed by atoms with E-state index in [1.54, 1.807) is 0 Å². The van der Waals surface area contributed by atoms with Crippen LogP contribution in [0.5, 0.6) is 0 Å². The van der Waals surface area contributed by atoms with Crippen LogP contribution in [0.4, 0.5) is 0 Å². The molecule has 0 bridgehead atoms. The van der Waals surface area contributed by atoms with Gasteiger partial charge in [0.05, 0.1) is 18.8 Å². The van der Waals surface area contributed by atoms with Crippen LogP contribution in [0.25, 0.3) is 0 Å². The number of amides is 1. The molecule has 3 N–H and O–H groups in total. The molecular formula is C24H41NO3. The second-order valence-corrected chi connectivity index (χ2v) is 8.17. The molecular weight excluding hydrogens is 350 g/mol. The summed E-state index contributed by atoms with van der Waals surface area (Å²) >= 11 is 0. The van der Waals surface area contributed by atoms with Crippen LogP contribution in [0.1, 0.15) is 89.2 Å². The number of nitrogens with one attached hydrogen (secondary N) is 1. The molecule has 0 atom stereocenters. The number of carbonyl (C=O) groups excluding carboxylic acids is 1. The third-order valence-corrected chi connectivity index (χ3v) is 5.53. The van der Waals surface area contributed by atoms with Gasteiger partial charge in [0.15, 0.2) is 0 Å². The molecule has 4 heteroatoms. The molecule has 4 nitrogen and oxygen atoms in total. The van der Waals surface area contributed by atoms with Gasteiger partial charge in [-0.25, -0.2) is 0 Å². The molecule has 0 saturated heterocycles. The zero-order valence-corrected chi connectivity index (χ0v) is 18.0. The van der Waals surface area contributed by atoms with Crippen molar-refractivity contribution in [3.63, 3.8) is 0 Å². The SMILES string of the molecule is CCCCCCCCCCCc1ccc(CCC(CO)(CO)NC(C)=O)cc1. The number of aliphatic hydroxyl groups excluding tert-OH is 2. The summed E-state index contributed by atoms with van der Waals surface area (Å²) in [5.41, 5.74) is 1.58. The van der Waals surface area contributed by atoms with Crippen molar-refractivity contribution in [2.75, 3.05) is 13.2 Å². The lowest BCUT2D eigenvalue weighted by Crippen LogP contribution is -2.53. The largest absolute Gasteiger partial charge is 0.394 e. The molecule has 0 aromatic heterocycles. The monoisotopic (exact) mass is 391 g/mol. The number of hydrogen-bond donors (Lipinski definition) is 3. The average Bonchev–Trinajstić information content (AvgIpc) is 2.70. The molecule has 160 valence electrons. The van der Waals surface area contributed by atoms with Crippen LogP contribution in [0, 0.1) is 0 Å². The predicted octanol–water partition coefficient (Wildman–Crippen LogP) is 4.55. The number of unbranched alkanes of at least 4 members (excludes halogenated alkanes) is 8. The second-order valence-electron chi connectivity index (χ2n) is 8.17. The van der Waals surface area contributed by atoms with E-state index in [4.69, 9.17) is 0 Å². The average molecular weight is 392 g/mol. The van der Waals surface area contributed by atoms with E-state index >= 15 is 0 Å². The lowest BCUT2D eigenvalue weighted by molar-refractivity contribution is -0.122. The van der Waals surface area contributed by atoms with Gasteiger partial charge in [-0.05, 0) is 36.8 Å². The molecule has 28 heavy (non-hydrogen) atoms. The van der Waals surface area contributed by atoms with Gasteiger partial charge in [0, 0.05) is 6.92 Å². The molecule has 0 aliphatic heterocycles. The number of benzene rings is 1. The maximum absolute atomic E-state index is 11.3. The fourth-order valence-electron chi connectivity index (χ4n) is 3.62. The Morgan fingerprint density at radius 2 is 1.29 bits per heavy atom. The summed E-state index contributed by atoms with van der Waals surface area (Å²) in [4.78, 5) is 11.3. The molecule has 0 radical (unpaired) electrons. The maximum atomic E-state index is 11.3. The van der Waals surface area contributed by atoms with E-state index in [1.807, 2.05) is 0 Å². The van der Waals surface area contributed by atoms with Crippen LogP contribution in [-0.2, 0) is 17.6 Å². The fourth-order valence-corrected chi connectivity index (χ4v) is 3.62. The van der Waals surface area contributed by atoms with Crippen molar-refractivity contribution in [2.24, 2.45) is 0 Å². The van der Waals surface area contributed by atoms with E-state index in [2.05, 4.69) is 36.5 Å². The van der Waals surface area contributed by atoms with E-state index < -0.39 is 5.54 Å². The van der Waals surface area contributed by atoms with Crippen molar-refractivity contribution < 1.29 is 15.0 Å². The van der Waals surface area contributed by atoms with Crippen molar-refractivity contribution in [3.8, 4) is 0 Å². The number of hydrogen-bond acceptors (Lipinski definition) is 3. The van der Waals surface area contributed by atoms with Crippen LogP contribution in [0.15, 0.2) is 24.3 Å². The Bertz CT molecular complexity index is 523. The zero-order chi connectivity index (χ0) is 20.7. The topological polar surface area (TPSA) is 69.6 Å². The molecule has 1 aromatic rings. The Labute approximate surface area is 171 Å². The highest BCUT2D eigenvalue weighted by Gasteiger charge is 2.29. The minimum atomic E-state index is -0.943. The fraction of sp³-hybridized carbons (Fsp3) is 0.708. The van der Waals surface area contributed by atoms with E-state index in [0.717, 1.165) is 12.0 Å². The van der Waals surface area contributed by atoms with Gasteiger partial charge >= 0.3 is 0 Å². The van der Waals surface area contributed by atoms with E-state index in [1.165, 1.54) is 70.3 Å². The van der Waals surface area contributed by atoms with Crippen LogP contribution >= 0.6 is 0 Å². The highest BCUT2D eigenvalue weighted by Crippen LogP contribution is 2.17. The highest BCUT2D eigenvalue weighted by molar-refractivity contribution is 5.73. The smallest absolute Gasteiger partial charge is 0.217 e. The Morgan fingerprint density at radius 3 is 1.75 bits per heavy atom. The number of aryl methyl sites for hydroxylation is 2. The maximum Gasteiger partial charge on any atom is 0.217 e. The summed E-state index contributed by atoms with van der Waals surface area (Å²) in [5.74, 6) is -0.237. The van der Waals surface area contributed by atoms with Gasteiger partial charge in [-0.3, -0.25) is 4.79 Å². The first-order valence-electron chi connectivity index (χ1n) is 11.1. The molecule has 0 spiro atoms. The van der Waals surface area contributed by atoms with Gasteiger partial charge in [-0.2, -0.15) is 0 Å². The lowest BCUT2D eigenvalue weighted by Gasteiger charge is -2.30. The summed E-state index contributed by atoms with van der Waals surface area (Å²) in [6.45, 7) is 3.14. The highest BCUT2D eigenvalue weighted by atomic mass is 16.3. The molecule has 0 unspecified atom stereocenters. The molecule has 0 fully saturated rings. The van der Waals surface area contributed by atoms with Crippen LogP contribution < -0.4 is 5.32 Å². The van der Waals surface area contributed by atoms with Crippen LogP contribution in [0.2, 0.25) is 0 Å². The molecule has 0 saturated carbocycles. The van der Waals surface area contributed by atoms with Gasteiger partial charge < -0.3 is 15.5 Å². The van der Waals surface area contributed by atoms with Gasteiger partial charge in [-0.15, -0.1) is 0 Å². The number of aliphatic hydroxyl groups is 2.